The van der Waals surface area contributed by atoms with Gasteiger partial charge in [-0.2, -0.15) is 0 Å². The molecule has 164 valence electrons. The average Bonchev–Trinajstić information content (AvgIpc) is 3.17. The lowest BCUT2D eigenvalue weighted by Gasteiger charge is -2.26. The highest BCUT2D eigenvalue weighted by Gasteiger charge is 2.26. The largest absolute Gasteiger partial charge is 0.438 e. The lowest BCUT2D eigenvalue weighted by Crippen LogP contribution is -2.40. The van der Waals surface area contributed by atoms with Crippen molar-refractivity contribution in [3.05, 3.63) is 53.3 Å². The van der Waals surface area contributed by atoms with Crippen LogP contribution in [0.2, 0.25) is 0 Å². The Bertz CT molecular complexity index is 973. The summed E-state index contributed by atoms with van der Waals surface area (Å²) in [7, 11) is -3.83. The first kappa shape index (κ1) is 22.5. The molecular weight excluding hydrogens is 406 g/mol. The van der Waals surface area contributed by atoms with Gasteiger partial charge >= 0.3 is 0 Å². The van der Waals surface area contributed by atoms with Crippen LogP contribution >= 0.6 is 0 Å². The summed E-state index contributed by atoms with van der Waals surface area (Å²) in [6, 6.07) is 10.7. The lowest BCUT2D eigenvalue weighted by molar-refractivity contribution is 0.0342. The standard InChI is InChI=1S/C21H29N3O5S/c1-21(2,3)23-30(26,27)19-8-7-18(29-19)20(25)22-14-16-5-4-6-17(13-16)15-24-9-11-28-12-10-24/h4-8,13,23H,9-12,14-15H2,1-3H3,(H,22,25). The molecule has 0 bridgehead atoms. The minimum Gasteiger partial charge on any atom is -0.438 e. The van der Waals surface area contributed by atoms with E-state index in [1.807, 2.05) is 12.1 Å². The number of rotatable bonds is 7. The van der Waals surface area contributed by atoms with Gasteiger partial charge in [-0.3, -0.25) is 9.69 Å². The Morgan fingerprint density at radius 1 is 1.10 bits per heavy atom. The zero-order valence-corrected chi connectivity index (χ0v) is 18.4. The Balaban J connectivity index is 1.58. The van der Waals surface area contributed by atoms with Crippen molar-refractivity contribution in [2.45, 2.75) is 44.5 Å². The van der Waals surface area contributed by atoms with Crippen LogP contribution < -0.4 is 10.0 Å². The van der Waals surface area contributed by atoms with Crippen LogP contribution in [0.25, 0.3) is 0 Å². The molecule has 1 aromatic heterocycles. The second-order valence-electron chi connectivity index (χ2n) is 8.37. The molecule has 0 spiro atoms. The number of carbonyl (C=O) groups excluding carboxylic acids is 1. The number of furan rings is 1. The molecule has 2 aromatic rings. The van der Waals surface area contributed by atoms with Gasteiger partial charge in [0, 0.05) is 31.7 Å². The molecule has 1 fully saturated rings. The molecule has 1 aromatic carbocycles. The van der Waals surface area contributed by atoms with Crippen LogP contribution in [0.1, 0.15) is 42.5 Å². The molecule has 0 saturated carbocycles. The van der Waals surface area contributed by atoms with Gasteiger partial charge in [0.05, 0.1) is 13.2 Å². The summed E-state index contributed by atoms with van der Waals surface area (Å²) in [6.07, 6.45) is 0. The molecule has 0 atom stereocenters. The fourth-order valence-corrected chi connectivity index (χ4v) is 4.52. The van der Waals surface area contributed by atoms with Gasteiger partial charge in [0.1, 0.15) is 0 Å². The summed E-state index contributed by atoms with van der Waals surface area (Å²) in [5.41, 5.74) is 1.48. The predicted octanol–water partition coefficient (Wildman–Crippen LogP) is 2.12. The van der Waals surface area contributed by atoms with E-state index >= 15 is 0 Å². The summed E-state index contributed by atoms with van der Waals surface area (Å²) < 4.78 is 37.8. The van der Waals surface area contributed by atoms with Gasteiger partial charge in [0.15, 0.2) is 5.76 Å². The monoisotopic (exact) mass is 435 g/mol. The topological polar surface area (TPSA) is 101 Å². The molecule has 9 heteroatoms. The minimum absolute atomic E-state index is 0.0474. The SMILES string of the molecule is CC(C)(C)NS(=O)(=O)c1ccc(C(=O)NCc2cccc(CN3CCOCC3)c2)o1. The van der Waals surface area contributed by atoms with Crippen LogP contribution in [-0.4, -0.2) is 51.1 Å². The van der Waals surface area contributed by atoms with Crippen molar-refractivity contribution in [3.63, 3.8) is 0 Å². The number of morpholine rings is 1. The van der Waals surface area contributed by atoms with Crippen molar-refractivity contribution in [2.75, 3.05) is 26.3 Å². The van der Waals surface area contributed by atoms with Crippen LogP contribution in [0.5, 0.6) is 0 Å². The smallest absolute Gasteiger partial charge is 0.287 e. The number of sulfonamides is 1. The van der Waals surface area contributed by atoms with Crippen LogP contribution in [0.15, 0.2) is 45.9 Å². The second-order valence-corrected chi connectivity index (χ2v) is 9.98. The zero-order valence-electron chi connectivity index (χ0n) is 17.6. The number of amides is 1. The van der Waals surface area contributed by atoms with Gasteiger partial charge < -0.3 is 14.5 Å². The van der Waals surface area contributed by atoms with E-state index in [2.05, 4.69) is 27.1 Å². The van der Waals surface area contributed by atoms with E-state index in [0.717, 1.165) is 38.4 Å². The molecule has 30 heavy (non-hydrogen) atoms. The number of nitrogens with zero attached hydrogens (tertiary/aromatic N) is 1. The maximum absolute atomic E-state index is 12.4. The van der Waals surface area contributed by atoms with E-state index in [0.29, 0.717) is 6.54 Å². The van der Waals surface area contributed by atoms with Gasteiger partial charge in [-0.1, -0.05) is 24.3 Å². The van der Waals surface area contributed by atoms with E-state index in [9.17, 15) is 13.2 Å². The van der Waals surface area contributed by atoms with Gasteiger partial charge in [0.2, 0.25) is 5.09 Å². The molecule has 1 amide bonds. The fourth-order valence-electron chi connectivity index (χ4n) is 3.16. The number of hydrogen-bond donors (Lipinski definition) is 2. The van der Waals surface area contributed by atoms with Crippen molar-refractivity contribution < 1.29 is 22.4 Å². The first-order valence-electron chi connectivity index (χ1n) is 9.92. The summed E-state index contributed by atoms with van der Waals surface area (Å²) >= 11 is 0. The number of ether oxygens (including phenoxy) is 1. The van der Waals surface area contributed by atoms with Crippen LogP contribution in [0.3, 0.4) is 0 Å². The third kappa shape index (κ3) is 6.40. The number of nitrogens with one attached hydrogen (secondary N) is 2. The minimum atomic E-state index is -3.83. The molecular formula is C21H29N3O5S. The Kier molecular flexibility index (Phi) is 6.97. The molecule has 8 nitrogen and oxygen atoms in total. The lowest BCUT2D eigenvalue weighted by atomic mass is 10.1. The van der Waals surface area contributed by atoms with Gasteiger partial charge in [-0.25, -0.2) is 13.1 Å². The van der Waals surface area contributed by atoms with E-state index in [-0.39, 0.29) is 10.9 Å². The maximum Gasteiger partial charge on any atom is 0.287 e. The third-order valence-corrected chi connectivity index (χ3v) is 6.10. The molecule has 0 aliphatic carbocycles. The van der Waals surface area contributed by atoms with Crippen molar-refractivity contribution >= 4 is 15.9 Å². The van der Waals surface area contributed by atoms with Crippen molar-refractivity contribution in [2.24, 2.45) is 0 Å². The maximum atomic E-state index is 12.4. The van der Waals surface area contributed by atoms with E-state index in [4.69, 9.17) is 9.15 Å². The van der Waals surface area contributed by atoms with Crippen LogP contribution in [-0.2, 0) is 27.8 Å². The van der Waals surface area contributed by atoms with E-state index < -0.39 is 21.5 Å². The first-order valence-corrected chi connectivity index (χ1v) is 11.4. The normalized spacial score (nSPS) is 15.8. The van der Waals surface area contributed by atoms with Crippen molar-refractivity contribution in [3.8, 4) is 0 Å². The van der Waals surface area contributed by atoms with Crippen LogP contribution in [0, 0.1) is 0 Å². The highest BCUT2D eigenvalue weighted by molar-refractivity contribution is 7.89. The summed E-state index contributed by atoms with van der Waals surface area (Å²) in [6.45, 7) is 9.67. The molecule has 0 unspecified atom stereocenters. The average molecular weight is 436 g/mol. The molecule has 0 radical (unpaired) electrons. The van der Waals surface area contributed by atoms with Gasteiger partial charge in [-0.15, -0.1) is 0 Å². The molecule has 2 N–H and O–H groups in total. The van der Waals surface area contributed by atoms with E-state index in [1.54, 1.807) is 20.8 Å². The van der Waals surface area contributed by atoms with Crippen molar-refractivity contribution in [1.29, 1.82) is 0 Å². The Labute approximate surface area is 177 Å². The first-order chi connectivity index (χ1) is 14.1. The highest BCUT2D eigenvalue weighted by Crippen LogP contribution is 2.17. The quantitative estimate of drug-likeness (QED) is 0.691. The molecule has 3 rings (SSSR count). The summed E-state index contributed by atoms with van der Waals surface area (Å²) in [4.78, 5) is 14.7. The Morgan fingerprint density at radius 3 is 2.50 bits per heavy atom. The van der Waals surface area contributed by atoms with Crippen molar-refractivity contribution in [1.82, 2.24) is 14.9 Å². The molecule has 1 aliphatic rings. The number of carbonyl (C=O) groups is 1. The second kappa shape index (κ2) is 9.30. The highest BCUT2D eigenvalue weighted by atomic mass is 32.2. The number of hydrogen-bond acceptors (Lipinski definition) is 6. The molecule has 2 heterocycles. The Hall–Kier alpha value is -2.20. The summed E-state index contributed by atoms with van der Waals surface area (Å²) in [5.74, 6) is -0.514. The van der Waals surface area contributed by atoms with Gasteiger partial charge in [0.25, 0.3) is 15.9 Å². The number of benzene rings is 1. The predicted molar refractivity (Wildman–Crippen MR) is 112 cm³/mol. The Morgan fingerprint density at radius 2 is 1.80 bits per heavy atom. The molecule has 1 aliphatic heterocycles. The summed E-state index contributed by atoms with van der Waals surface area (Å²) in [5, 5.41) is 2.50. The fraction of sp³-hybridized carbons (Fsp3) is 0.476. The molecule has 1 saturated heterocycles. The van der Waals surface area contributed by atoms with Gasteiger partial charge in [-0.05, 0) is 44.0 Å². The third-order valence-electron chi connectivity index (χ3n) is 4.46. The van der Waals surface area contributed by atoms with E-state index in [1.165, 1.54) is 17.7 Å². The van der Waals surface area contributed by atoms with Crippen LogP contribution in [0.4, 0.5) is 0 Å². The zero-order chi connectivity index (χ0) is 21.8.